The monoisotopic (exact) mass is 295 g/mol. The van der Waals surface area contributed by atoms with Crippen molar-refractivity contribution in [2.75, 3.05) is 13.1 Å². The molecule has 1 aromatic rings. The highest BCUT2D eigenvalue weighted by molar-refractivity contribution is 9.10. The van der Waals surface area contributed by atoms with E-state index in [1.54, 1.807) is 0 Å². The van der Waals surface area contributed by atoms with Crippen molar-refractivity contribution in [3.05, 3.63) is 34.3 Å². The van der Waals surface area contributed by atoms with Crippen molar-refractivity contribution in [3.8, 4) is 0 Å². The lowest BCUT2D eigenvalue weighted by molar-refractivity contribution is 0.0623. The highest BCUT2D eigenvalue weighted by Gasteiger charge is 2.25. The normalized spacial score (nSPS) is 24.8. The van der Waals surface area contributed by atoms with E-state index in [2.05, 4.69) is 29.8 Å². The number of benzene rings is 1. The van der Waals surface area contributed by atoms with Crippen molar-refractivity contribution < 1.29 is 4.79 Å². The van der Waals surface area contributed by atoms with E-state index < -0.39 is 0 Å². The van der Waals surface area contributed by atoms with Crippen molar-refractivity contribution in [1.82, 2.24) is 4.90 Å². The summed E-state index contributed by atoms with van der Waals surface area (Å²) in [7, 11) is 0. The third-order valence-electron chi connectivity index (χ3n) is 3.23. The van der Waals surface area contributed by atoms with Crippen LogP contribution in [0.4, 0.5) is 0 Å². The average Bonchev–Trinajstić information content (AvgIpc) is 2.26. The lowest BCUT2D eigenvalue weighted by Gasteiger charge is -2.35. The van der Waals surface area contributed by atoms with E-state index in [9.17, 15) is 4.79 Å². The standard InChI is InChI=1S/C14H18BrNO/c1-10-6-11(2)9-16(8-10)14(17)12-4-3-5-13(15)7-12/h3-5,7,10-11H,6,8-9H2,1-2H3/t10-,11+. The van der Waals surface area contributed by atoms with Crippen molar-refractivity contribution in [1.29, 1.82) is 0 Å². The first-order valence-corrected chi connectivity index (χ1v) is 6.90. The molecule has 0 aromatic heterocycles. The first-order valence-electron chi connectivity index (χ1n) is 6.11. The second-order valence-corrected chi connectivity index (χ2v) is 6.08. The Morgan fingerprint density at radius 1 is 1.29 bits per heavy atom. The Kier molecular flexibility index (Phi) is 3.87. The Morgan fingerprint density at radius 3 is 2.53 bits per heavy atom. The quantitative estimate of drug-likeness (QED) is 0.776. The van der Waals surface area contributed by atoms with Crippen molar-refractivity contribution in [2.24, 2.45) is 11.8 Å². The van der Waals surface area contributed by atoms with Gasteiger partial charge in [0.05, 0.1) is 0 Å². The highest BCUT2D eigenvalue weighted by atomic mass is 79.9. The Hall–Kier alpha value is -0.830. The maximum atomic E-state index is 12.3. The fourth-order valence-electron chi connectivity index (χ4n) is 2.63. The van der Waals surface area contributed by atoms with Crippen LogP contribution in [0.15, 0.2) is 28.7 Å². The van der Waals surface area contributed by atoms with Crippen LogP contribution in [0, 0.1) is 11.8 Å². The minimum absolute atomic E-state index is 0.157. The molecule has 0 spiro atoms. The molecule has 3 heteroatoms. The van der Waals surface area contributed by atoms with Gasteiger partial charge in [-0.15, -0.1) is 0 Å². The number of likely N-dealkylation sites (tertiary alicyclic amines) is 1. The van der Waals surface area contributed by atoms with Gasteiger partial charge in [-0.3, -0.25) is 4.79 Å². The molecule has 0 bridgehead atoms. The predicted octanol–water partition coefficient (Wildman–Crippen LogP) is 3.57. The van der Waals surface area contributed by atoms with Crippen molar-refractivity contribution in [2.45, 2.75) is 20.3 Å². The minimum atomic E-state index is 0.157. The number of carbonyl (C=O) groups excluding carboxylic acids is 1. The van der Waals surface area contributed by atoms with Crippen LogP contribution in [-0.4, -0.2) is 23.9 Å². The molecule has 0 saturated carbocycles. The molecule has 2 rings (SSSR count). The highest BCUT2D eigenvalue weighted by Crippen LogP contribution is 2.23. The van der Waals surface area contributed by atoms with Gasteiger partial charge in [-0.05, 0) is 36.5 Å². The molecule has 1 aliphatic heterocycles. The second-order valence-electron chi connectivity index (χ2n) is 5.17. The Bertz CT molecular complexity index is 408. The topological polar surface area (TPSA) is 20.3 Å². The predicted molar refractivity (Wildman–Crippen MR) is 73.0 cm³/mol. The summed E-state index contributed by atoms with van der Waals surface area (Å²) >= 11 is 3.41. The molecule has 1 amide bonds. The molecule has 2 atom stereocenters. The van der Waals surface area contributed by atoms with Crippen LogP contribution in [0.2, 0.25) is 0 Å². The van der Waals surface area contributed by atoms with Crippen LogP contribution >= 0.6 is 15.9 Å². The Balaban J connectivity index is 2.14. The fraction of sp³-hybridized carbons (Fsp3) is 0.500. The first-order chi connectivity index (χ1) is 8.06. The SMILES string of the molecule is C[C@@H]1C[C@H](C)CN(C(=O)c2cccc(Br)c2)C1. The lowest BCUT2D eigenvalue weighted by Crippen LogP contribution is -2.42. The van der Waals surface area contributed by atoms with E-state index in [0.717, 1.165) is 23.1 Å². The maximum Gasteiger partial charge on any atom is 0.253 e. The lowest BCUT2D eigenvalue weighted by atomic mass is 9.91. The number of hydrogen-bond donors (Lipinski definition) is 0. The van der Waals surface area contributed by atoms with Gasteiger partial charge in [-0.1, -0.05) is 35.8 Å². The summed E-state index contributed by atoms with van der Waals surface area (Å²) in [6.07, 6.45) is 1.22. The van der Waals surface area contributed by atoms with Gasteiger partial charge in [-0.25, -0.2) is 0 Å². The maximum absolute atomic E-state index is 12.3. The van der Waals surface area contributed by atoms with Crippen LogP contribution in [0.3, 0.4) is 0 Å². The first kappa shape index (κ1) is 12.6. The van der Waals surface area contributed by atoms with Gasteiger partial charge in [0.15, 0.2) is 0 Å². The average molecular weight is 296 g/mol. The van der Waals surface area contributed by atoms with Gasteiger partial charge in [0.1, 0.15) is 0 Å². The van der Waals surface area contributed by atoms with E-state index in [4.69, 9.17) is 0 Å². The molecule has 0 radical (unpaired) electrons. The van der Waals surface area contributed by atoms with Crippen LogP contribution in [-0.2, 0) is 0 Å². The van der Waals surface area contributed by atoms with Crippen LogP contribution < -0.4 is 0 Å². The Labute approximate surface area is 111 Å². The molecule has 92 valence electrons. The molecule has 1 aromatic carbocycles. The van der Waals surface area contributed by atoms with Crippen LogP contribution in [0.1, 0.15) is 30.6 Å². The summed E-state index contributed by atoms with van der Waals surface area (Å²) in [5.74, 6) is 1.37. The van der Waals surface area contributed by atoms with Gasteiger partial charge >= 0.3 is 0 Å². The third-order valence-corrected chi connectivity index (χ3v) is 3.72. The zero-order valence-electron chi connectivity index (χ0n) is 10.3. The van der Waals surface area contributed by atoms with Crippen LogP contribution in [0.25, 0.3) is 0 Å². The number of nitrogens with zero attached hydrogens (tertiary/aromatic N) is 1. The number of halogens is 1. The summed E-state index contributed by atoms with van der Waals surface area (Å²) in [5, 5.41) is 0. The van der Waals surface area contributed by atoms with Gasteiger partial charge in [0.25, 0.3) is 5.91 Å². The molecule has 1 heterocycles. The Morgan fingerprint density at radius 2 is 1.94 bits per heavy atom. The minimum Gasteiger partial charge on any atom is -0.338 e. The van der Waals surface area contributed by atoms with Crippen molar-refractivity contribution in [3.63, 3.8) is 0 Å². The van der Waals surface area contributed by atoms with Gasteiger partial charge < -0.3 is 4.90 Å². The van der Waals surface area contributed by atoms with Gasteiger partial charge in [0.2, 0.25) is 0 Å². The van der Waals surface area contributed by atoms with E-state index in [0.29, 0.717) is 11.8 Å². The molecule has 1 aliphatic rings. The molecule has 2 nitrogen and oxygen atoms in total. The molecule has 17 heavy (non-hydrogen) atoms. The molecule has 1 fully saturated rings. The zero-order valence-corrected chi connectivity index (χ0v) is 11.9. The summed E-state index contributed by atoms with van der Waals surface area (Å²) in [6.45, 7) is 6.21. The molecule has 0 aliphatic carbocycles. The zero-order chi connectivity index (χ0) is 12.4. The van der Waals surface area contributed by atoms with Gasteiger partial charge in [0, 0.05) is 23.1 Å². The summed E-state index contributed by atoms with van der Waals surface area (Å²) < 4.78 is 0.960. The molecule has 0 N–H and O–H groups in total. The van der Waals surface area contributed by atoms with E-state index in [1.807, 2.05) is 29.2 Å². The fourth-order valence-corrected chi connectivity index (χ4v) is 3.03. The number of hydrogen-bond acceptors (Lipinski definition) is 1. The number of amides is 1. The smallest absolute Gasteiger partial charge is 0.253 e. The molecular formula is C14H18BrNO. The van der Waals surface area contributed by atoms with Crippen molar-refractivity contribution >= 4 is 21.8 Å². The van der Waals surface area contributed by atoms with Crippen LogP contribution in [0.5, 0.6) is 0 Å². The van der Waals surface area contributed by atoms with Gasteiger partial charge in [-0.2, -0.15) is 0 Å². The summed E-state index contributed by atoms with van der Waals surface area (Å²) in [5.41, 5.74) is 0.778. The molecule has 1 saturated heterocycles. The second kappa shape index (κ2) is 5.21. The molecular weight excluding hydrogens is 278 g/mol. The van der Waals surface area contributed by atoms with E-state index >= 15 is 0 Å². The van der Waals surface area contributed by atoms with E-state index in [1.165, 1.54) is 6.42 Å². The number of piperidine rings is 1. The molecule has 0 unspecified atom stereocenters. The van der Waals surface area contributed by atoms with E-state index in [-0.39, 0.29) is 5.91 Å². The number of rotatable bonds is 1. The summed E-state index contributed by atoms with van der Waals surface area (Å²) in [6, 6.07) is 7.63. The summed E-state index contributed by atoms with van der Waals surface area (Å²) in [4.78, 5) is 14.3. The number of carbonyl (C=O) groups is 1. The largest absolute Gasteiger partial charge is 0.338 e. The third kappa shape index (κ3) is 3.09.